The first kappa shape index (κ1) is 16.0. The topological polar surface area (TPSA) is 55.6 Å². The van der Waals surface area contributed by atoms with E-state index >= 15 is 0 Å². The minimum atomic E-state index is -0.639. The Morgan fingerprint density at radius 1 is 1.42 bits per heavy atom. The van der Waals surface area contributed by atoms with Gasteiger partial charge in [0.2, 0.25) is 0 Å². The lowest BCUT2D eigenvalue weighted by Crippen LogP contribution is -2.39. The van der Waals surface area contributed by atoms with Gasteiger partial charge in [0.25, 0.3) is 5.24 Å². The molecule has 19 heavy (non-hydrogen) atoms. The van der Waals surface area contributed by atoms with Crippen LogP contribution in [0.5, 0.6) is 0 Å². The van der Waals surface area contributed by atoms with E-state index in [1.807, 2.05) is 0 Å². The Morgan fingerprint density at radius 2 is 2.11 bits per heavy atom. The third-order valence-electron chi connectivity index (χ3n) is 2.60. The molecule has 4 nitrogen and oxygen atoms in total. The van der Waals surface area contributed by atoms with Gasteiger partial charge < -0.3 is 10.5 Å². The fraction of sp³-hybridized carbons (Fsp3) is 0.462. The summed E-state index contributed by atoms with van der Waals surface area (Å²) in [6, 6.07) is 5.24. The lowest BCUT2D eigenvalue weighted by Gasteiger charge is -2.25. The van der Waals surface area contributed by atoms with E-state index in [4.69, 9.17) is 22.1 Å². The van der Waals surface area contributed by atoms with E-state index in [0.29, 0.717) is 0 Å². The summed E-state index contributed by atoms with van der Waals surface area (Å²) in [6.45, 7) is 5.64. The van der Waals surface area contributed by atoms with Gasteiger partial charge in [-0.05, 0) is 29.8 Å². The summed E-state index contributed by atoms with van der Waals surface area (Å²) < 4.78 is 17.5. The molecule has 1 aromatic carbocycles. The van der Waals surface area contributed by atoms with Crippen molar-refractivity contribution in [3.63, 3.8) is 0 Å². The van der Waals surface area contributed by atoms with Crippen molar-refractivity contribution >= 4 is 16.8 Å². The maximum Gasteiger partial charge on any atom is 0.252 e. The van der Waals surface area contributed by atoms with E-state index < -0.39 is 11.1 Å². The highest BCUT2D eigenvalue weighted by Crippen LogP contribution is 2.05. The van der Waals surface area contributed by atoms with Crippen LogP contribution in [0, 0.1) is 5.82 Å². The van der Waals surface area contributed by atoms with Crippen LogP contribution < -0.4 is 5.73 Å². The van der Waals surface area contributed by atoms with Crippen LogP contribution in [0.25, 0.3) is 0 Å². The fourth-order valence-electron chi connectivity index (χ4n) is 1.62. The number of ether oxygens (including phenoxy) is 1. The lowest BCUT2D eigenvalue weighted by molar-refractivity contribution is 0.0394. The number of hydrogen-bond donors (Lipinski definition) is 1. The summed E-state index contributed by atoms with van der Waals surface area (Å²) in [7, 11) is 0. The second-order valence-corrected chi connectivity index (χ2v) is 4.37. The molecule has 0 radical (unpaired) electrons. The minimum Gasteiger partial charge on any atom is -0.379 e. The Kier molecular flexibility index (Phi) is 7.59. The van der Waals surface area contributed by atoms with Crippen LogP contribution in [-0.4, -0.2) is 49.5 Å². The van der Waals surface area contributed by atoms with Gasteiger partial charge >= 0.3 is 0 Å². The first-order valence-corrected chi connectivity index (χ1v) is 6.47. The van der Waals surface area contributed by atoms with Crippen molar-refractivity contribution in [2.75, 3.05) is 39.4 Å². The van der Waals surface area contributed by atoms with E-state index in [9.17, 15) is 9.18 Å². The molecule has 0 unspecified atom stereocenters. The number of benzene rings is 1. The molecule has 0 amide bonds. The van der Waals surface area contributed by atoms with Gasteiger partial charge in [0.05, 0.1) is 13.2 Å². The van der Waals surface area contributed by atoms with E-state index in [-0.39, 0.29) is 5.56 Å². The molecule has 1 saturated heterocycles. The van der Waals surface area contributed by atoms with Gasteiger partial charge in [0.15, 0.2) is 0 Å². The molecular weight excluding hydrogens is 271 g/mol. The van der Waals surface area contributed by atoms with Crippen LogP contribution in [-0.2, 0) is 4.74 Å². The number of morpholine rings is 1. The third kappa shape index (κ3) is 6.63. The van der Waals surface area contributed by atoms with E-state index in [1.165, 1.54) is 18.2 Å². The first-order chi connectivity index (χ1) is 9.13. The molecule has 2 N–H and O–H groups in total. The second-order valence-electron chi connectivity index (χ2n) is 4.03. The second kappa shape index (κ2) is 8.98. The molecule has 1 aliphatic heterocycles. The predicted molar refractivity (Wildman–Crippen MR) is 72.9 cm³/mol. The summed E-state index contributed by atoms with van der Waals surface area (Å²) in [5.41, 5.74) is 5.56. The molecule has 0 aromatic heterocycles. The van der Waals surface area contributed by atoms with E-state index in [1.54, 1.807) is 0 Å². The first-order valence-electron chi connectivity index (χ1n) is 6.09. The van der Waals surface area contributed by atoms with Crippen molar-refractivity contribution in [3.8, 4) is 0 Å². The minimum absolute atomic E-state index is 0.182. The average Bonchev–Trinajstić information content (AvgIpc) is 2.41. The number of rotatable bonds is 3. The van der Waals surface area contributed by atoms with Crippen molar-refractivity contribution in [3.05, 3.63) is 35.6 Å². The Balaban J connectivity index is 0.000000191. The van der Waals surface area contributed by atoms with Crippen LogP contribution >= 0.6 is 11.6 Å². The highest BCUT2D eigenvalue weighted by molar-refractivity contribution is 6.67. The quantitative estimate of drug-likeness (QED) is 0.856. The summed E-state index contributed by atoms with van der Waals surface area (Å²) in [4.78, 5) is 12.7. The maximum atomic E-state index is 12.3. The van der Waals surface area contributed by atoms with Gasteiger partial charge in [-0.1, -0.05) is 6.07 Å². The largest absolute Gasteiger partial charge is 0.379 e. The molecule has 0 saturated carbocycles. The number of carbonyl (C=O) groups excluding carboxylic acids is 1. The summed E-state index contributed by atoms with van der Waals surface area (Å²) in [6.07, 6.45) is 0. The van der Waals surface area contributed by atoms with E-state index in [0.717, 1.165) is 45.5 Å². The monoisotopic (exact) mass is 288 g/mol. The van der Waals surface area contributed by atoms with Gasteiger partial charge in [-0.15, -0.1) is 0 Å². The molecule has 1 heterocycles. The van der Waals surface area contributed by atoms with Crippen LogP contribution in [0.2, 0.25) is 0 Å². The normalized spacial score (nSPS) is 15.5. The number of halogens is 2. The molecule has 0 bridgehead atoms. The third-order valence-corrected chi connectivity index (χ3v) is 2.82. The summed E-state index contributed by atoms with van der Waals surface area (Å²) >= 11 is 5.07. The van der Waals surface area contributed by atoms with Crippen molar-refractivity contribution < 1.29 is 13.9 Å². The van der Waals surface area contributed by atoms with E-state index in [2.05, 4.69) is 4.90 Å². The average molecular weight is 289 g/mol. The molecule has 0 atom stereocenters. The molecule has 106 valence electrons. The van der Waals surface area contributed by atoms with Gasteiger partial charge in [-0.3, -0.25) is 9.69 Å². The Bertz CT molecular complexity index is 395. The Morgan fingerprint density at radius 3 is 2.58 bits per heavy atom. The zero-order chi connectivity index (χ0) is 14.1. The highest BCUT2D eigenvalue weighted by atomic mass is 35.5. The van der Waals surface area contributed by atoms with Gasteiger partial charge in [0, 0.05) is 31.7 Å². The Hall–Kier alpha value is -1.01. The van der Waals surface area contributed by atoms with Crippen LogP contribution in [0.4, 0.5) is 4.39 Å². The van der Waals surface area contributed by atoms with Crippen molar-refractivity contribution in [1.29, 1.82) is 0 Å². The van der Waals surface area contributed by atoms with Crippen molar-refractivity contribution in [2.24, 2.45) is 5.73 Å². The summed E-state index contributed by atoms with van der Waals surface area (Å²) in [5.74, 6) is -0.452. The number of hydrogen-bond acceptors (Lipinski definition) is 4. The van der Waals surface area contributed by atoms with Crippen LogP contribution in [0.1, 0.15) is 10.4 Å². The summed E-state index contributed by atoms with van der Waals surface area (Å²) in [5, 5.41) is -0.639. The van der Waals surface area contributed by atoms with Crippen LogP contribution in [0.15, 0.2) is 24.3 Å². The Labute approximate surface area is 117 Å². The van der Waals surface area contributed by atoms with Gasteiger partial charge in [-0.2, -0.15) is 0 Å². The lowest BCUT2D eigenvalue weighted by atomic mass is 10.2. The molecule has 2 rings (SSSR count). The van der Waals surface area contributed by atoms with Gasteiger partial charge in [-0.25, -0.2) is 4.39 Å². The van der Waals surface area contributed by atoms with Crippen molar-refractivity contribution in [2.45, 2.75) is 0 Å². The molecule has 6 heteroatoms. The zero-order valence-corrected chi connectivity index (χ0v) is 11.4. The van der Waals surface area contributed by atoms with Gasteiger partial charge in [0.1, 0.15) is 5.82 Å². The molecule has 1 aliphatic rings. The molecular formula is C13H18ClFN2O2. The number of nitrogens with two attached hydrogens (primary N) is 1. The predicted octanol–water partition coefficient (Wildman–Crippen LogP) is 1.48. The fourth-order valence-corrected chi connectivity index (χ4v) is 1.74. The number of carbonyl (C=O) groups is 1. The smallest absolute Gasteiger partial charge is 0.252 e. The molecule has 1 aromatic rings. The molecule has 0 aliphatic carbocycles. The van der Waals surface area contributed by atoms with Crippen LogP contribution in [0.3, 0.4) is 0 Å². The highest BCUT2D eigenvalue weighted by Gasteiger charge is 2.07. The molecule has 1 fully saturated rings. The zero-order valence-electron chi connectivity index (χ0n) is 10.6. The number of nitrogens with zero attached hydrogens (tertiary/aromatic N) is 1. The standard InChI is InChI=1S/C7H4ClFO.C6H14N2O/c8-7(10)5-2-1-3-6(9)4-5;7-1-2-8-3-5-9-6-4-8/h1-4H;1-7H2. The SMILES string of the molecule is NCCN1CCOCC1.O=C(Cl)c1cccc(F)c1. The maximum absolute atomic E-state index is 12.3. The van der Waals surface area contributed by atoms with Crippen molar-refractivity contribution in [1.82, 2.24) is 4.90 Å². The molecule has 0 spiro atoms.